The van der Waals surface area contributed by atoms with Crippen molar-refractivity contribution in [3.8, 4) is 0 Å². The third kappa shape index (κ3) is 2.30. The number of carbonyl (C=O) groups excluding carboxylic acids is 1. The maximum Gasteiger partial charge on any atom is 0.161 e. The van der Waals surface area contributed by atoms with Crippen LogP contribution in [0.25, 0.3) is 0 Å². The van der Waals surface area contributed by atoms with Crippen LogP contribution in [0.15, 0.2) is 23.8 Å². The van der Waals surface area contributed by atoms with E-state index in [1.54, 1.807) is 0 Å². The Balaban J connectivity index is 2.72. The predicted octanol–water partition coefficient (Wildman–Crippen LogP) is 3.12. The minimum absolute atomic E-state index is 0.223. The van der Waals surface area contributed by atoms with E-state index in [1.165, 1.54) is 0 Å². The van der Waals surface area contributed by atoms with Gasteiger partial charge in [0.05, 0.1) is 0 Å². The Labute approximate surface area is 80.5 Å². The van der Waals surface area contributed by atoms with Crippen LogP contribution in [0.1, 0.15) is 33.6 Å². The fraction of sp³-hybridized carbons (Fsp3) is 0.583. The van der Waals surface area contributed by atoms with E-state index < -0.39 is 0 Å². The summed E-state index contributed by atoms with van der Waals surface area (Å²) in [7, 11) is 0. The number of Topliss-reactive ketones (excluding diaryl/α,β-unsaturated/α-hetero) is 1. The number of rotatable bonds is 2. The second kappa shape index (κ2) is 4.40. The second-order valence-electron chi connectivity index (χ2n) is 3.81. The Morgan fingerprint density at radius 2 is 2.23 bits per heavy atom. The van der Waals surface area contributed by atoms with Crippen molar-refractivity contribution in [2.75, 3.05) is 0 Å². The van der Waals surface area contributed by atoms with Crippen LogP contribution in [0.5, 0.6) is 0 Å². The van der Waals surface area contributed by atoms with Crippen molar-refractivity contribution in [1.29, 1.82) is 0 Å². The van der Waals surface area contributed by atoms with Gasteiger partial charge in [0.15, 0.2) is 5.78 Å². The van der Waals surface area contributed by atoms with E-state index in [4.69, 9.17) is 0 Å². The Morgan fingerprint density at radius 1 is 1.54 bits per heavy atom. The van der Waals surface area contributed by atoms with Gasteiger partial charge in [-0.15, -0.1) is 0 Å². The molecule has 1 aliphatic carbocycles. The molecule has 0 N–H and O–H groups in total. The molecule has 0 aromatic rings. The maximum atomic E-state index is 11.8. The van der Waals surface area contributed by atoms with Gasteiger partial charge in [0.25, 0.3) is 0 Å². The van der Waals surface area contributed by atoms with Crippen molar-refractivity contribution < 1.29 is 4.79 Å². The lowest BCUT2D eigenvalue weighted by atomic mass is 9.80. The van der Waals surface area contributed by atoms with Gasteiger partial charge in [-0.3, -0.25) is 4.79 Å². The van der Waals surface area contributed by atoms with Crippen LogP contribution in [0, 0.1) is 11.8 Å². The molecule has 13 heavy (non-hydrogen) atoms. The van der Waals surface area contributed by atoms with E-state index in [9.17, 15) is 4.79 Å². The summed E-state index contributed by atoms with van der Waals surface area (Å²) in [6.07, 6.45) is 8.32. The van der Waals surface area contributed by atoms with Gasteiger partial charge in [-0.05, 0) is 38.2 Å². The van der Waals surface area contributed by atoms with Crippen LogP contribution >= 0.6 is 0 Å². The topological polar surface area (TPSA) is 17.1 Å². The van der Waals surface area contributed by atoms with Crippen LogP contribution in [0.4, 0.5) is 0 Å². The summed E-state index contributed by atoms with van der Waals surface area (Å²) >= 11 is 0. The predicted molar refractivity (Wildman–Crippen MR) is 55.5 cm³/mol. The largest absolute Gasteiger partial charge is 0.294 e. The lowest BCUT2D eigenvalue weighted by Crippen LogP contribution is -2.23. The van der Waals surface area contributed by atoms with Crippen LogP contribution in [0.3, 0.4) is 0 Å². The highest BCUT2D eigenvalue weighted by Gasteiger charge is 2.25. The second-order valence-corrected chi connectivity index (χ2v) is 3.81. The van der Waals surface area contributed by atoms with Gasteiger partial charge in [-0.25, -0.2) is 0 Å². The molecule has 0 aromatic carbocycles. The number of carbonyl (C=O) groups is 1. The molecule has 1 heteroatoms. The molecule has 2 atom stereocenters. The van der Waals surface area contributed by atoms with Crippen molar-refractivity contribution in [2.24, 2.45) is 11.8 Å². The summed E-state index contributed by atoms with van der Waals surface area (Å²) in [6.45, 7) is 5.96. The Hall–Kier alpha value is -0.850. The van der Waals surface area contributed by atoms with Crippen molar-refractivity contribution in [3.05, 3.63) is 23.8 Å². The zero-order valence-corrected chi connectivity index (χ0v) is 8.71. The summed E-state index contributed by atoms with van der Waals surface area (Å²) in [6, 6.07) is 0. The summed E-state index contributed by atoms with van der Waals surface area (Å²) in [4.78, 5) is 11.8. The van der Waals surface area contributed by atoms with E-state index in [0.29, 0.717) is 11.7 Å². The van der Waals surface area contributed by atoms with E-state index in [1.807, 2.05) is 19.9 Å². The number of hydrogen-bond donors (Lipinski definition) is 0. The molecule has 1 rings (SSSR count). The first-order valence-corrected chi connectivity index (χ1v) is 5.00. The van der Waals surface area contributed by atoms with Gasteiger partial charge in [-0.2, -0.15) is 0 Å². The lowest BCUT2D eigenvalue weighted by molar-refractivity contribution is -0.120. The molecule has 0 radical (unpaired) electrons. The van der Waals surface area contributed by atoms with E-state index in [2.05, 4.69) is 19.1 Å². The molecule has 72 valence electrons. The zero-order chi connectivity index (χ0) is 9.84. The minimum atomic E-state index is 0.223. The number of hydrogen-bond acceptors (Lipinski definition) is 1. The summed E-state index contributed by atoms with van der Waals surface area (Å²) in [5.74, 6) is 0.969. The number of allylic oxidation sites excluding steroid dienone is 4. The molecule has 0 saturated heterocycles. The molecule has 0 saturated carbocycles. The van der Waals surface area contributed by atoms with Crippen LogP contribution in [-0.4, -0.2) is 5.78 Å². The highest BCUT2D eigenvalue weighted by atomic mass is 16.1. The molecule has 0 fully saturated rings. The SMILES string of the molecule is CC=C(C)C(=O)[C@H]1CCC=C[C@@H]1C. The molecule has 0 unspecified atom stereocenters. The van der Waals surface area contributed by atoms with E-state index in [0.717, 1.165) is 18.4 Å². The monoisotopic (exact) mass is 178 g/mol. The van der Waals surface area contributed by atoms with Crippen molar-refractivity contribution in [3.63, 3.8) is 0 Å². The fourth-order valence-corrected chi connectivity index (χ4v) is 1.79. The molecule has 0 amide bonds. The molecule has 0 aliphatic heterocycles. The normalized spacial score (nSPS) is 29.0. The average Bonchev–Trinajstić information content (AvgIpc) is 2.16. The molecule has 0 bridgehead atoms. The molecule has 1 nitrogen and oxygen atoms in total. The third-order valence-corrected chi connectivity index (χ3v) is 2.88. The fourth-order valence-electron chi connectivity index (χ4n) is 1.79. The van der Waals surface area contributed by atoms with Crippen LogP contribution in [0.2, 0.25) is 0 Å². The Morgan fingerprint density at radius 3 is 2.77 bits per heavy atom. The highest BCUT2D eigenvalue weighted by Crippen LogP contribution is 2.27. The van der Waals surface area contributed by atoms with E-state index in [-0.39, 0.29) is 5.92 Å². The molecule has 0 heterocycles. The summed E-state index contributed by atoms with van der Waals surface area (Å²) < 4.78 is 0. The number of ketones is 1. The third-order valence-electron chi connectivity index (χ3n) is 2.88. The van der Waals surface area contributed by atoms with Gasteiger partial charge in [-0.1, -0.05) is 25.2 Å². The van der Waals surface area contributed by atoms with Gasteiger partial charge < -0.3 is 0 Å². The molecular weight excluding hydrogens is 160 g/mol. The van der Waals surface area contributed by atoms with Gasteiger partial charge >= 0.3 is 0 Å². The van der Waals surface area contributed by atoms with Gasteiger partial charge in [0.2, 0.25) is 0 Å². The van der Waals surface area contributed by atoms with Crippen LogP contribution < -0.4 is 0 Å². The first-order valence-electron chi connectivity index (χ1n) is 5.00. The van der Waals surface area contributed by atoms with Crippen molar-refractivity contribution >= 4 is 5.78 Å². The molecule has 0 spiro atoms. The maximum absolute atomic E-state index is 11.8. The summed E-state index contributed by atoms with van der Waals surface area (Å²) in [5, 5.41) is 0. The van der Waals surface area contributed by atoms with Crippen LogP contribution in [-0.2, 0) is 4.79 Å². The Bertz CT molecular complexity index is 248. The molecule has 0 aromatic heterocycles. The molecular formula is C12H18O. The standard InChI is InChI=1S/C12H18O/c1-4-9(2)12(13)11-8-6-5-7-10(11)3/h4-5,7,10-11H,6,8H2,1-3H3/t10-,11-/m0/s1. The average molecular weight is 178 g/mol. The summed E-state index contributed by atoms with van der Waals surface area (Å²) in [5.41, 5.74) is 0.909. The highest BCUT2D eigenvalue weighted by molar-refractivity contribution is 5.96. The quantitative estimate of drug-likeness (QED) is 0.469. The lowest BCUT2D eigenvalue weighted by Gasteiger charge is -2.23. The molecule has 1 aliphatic rings. The smallest absolute Gasteiger partial charge is 0.161 e. The van der Waals surface area contributed by atoms with Gasteiger partial charge in [0.1, 0.15) is 0 Å². The Kier molecular flexibility index (Phi) is 3.47. The van der Waals surface area contributed by atoms with Crippen molar-refractivity contribution in [2.45, 2.75) is 33.6 Å². The van der Waals surface area contributed by atoms with Crippen molar-refractivity contribution in [1.82, 2.24) is 0 Å². The minimum Gasteiger partial charge on any atom is -0.294 e. The van der Waals surface area contributed by atoms with E-state index >= 15 is 0 Å². The first kappa shape index (κ1) is 10.2. The zero-order valence-electron chi connectivity index (χ0n) is 8.71. The first-order chi connectivity index (χ1) is 6.16. The van der Waals surface area contributed by atoms with Gasteiger partial charge in [0, 0.05) is 5.92 Å².